The van der Waals surface area contributed by atoms with E-state index in [9.17, 15) is 9.18 Å². The van der Waals surface area contributed by atoms with Crippen LogP contribution >= 0.6 is 23.2 Å². The first-order valence-electron chi connectivity index (χ1n) is 12.9. The molecular formula is C27H31Cl2FN6O2. The topological polar surface area (TPSA) is 98.3 Å². The Hall–Kier alpha value is -2.88. The number of nitrogens with one attached hydrogen (secondary N) is 1. The van der Waals surface area contributed by atoms with Gasteiger partial charge in [-0.25, -0.2) is 9.37 Å². The molecule has 0 bridgehead atoms. The van der Waals surface area contributed by atoms with E-state index in [0.717, 1.165) is 62.9 Å². The maximum atomic E-state index is 14.0. The van der Waals surface area contributed by atoms with E-state index in [-0.39, 0.29) is 28.8 Å². The molecule has 202 valence electrons. The molecule has 1 unspecified atom stereocenters. The Labute approximate surface area is 231 Å². The lowest BCUT2D eigenvalue weighted by atomic mass is 10.0. The zero-order chi connectivity index (χ0) is 26.8. The number of nitrogens with two attached hydrogens (primary N) is 1. The van der Waals surface area contributed by atoms with Gasteiger partial charge in [-0.15, -0.1) is 0 Å². The molecular weight excluding hydrogens is 530 g/mol. The molecule has 3 N–H and O–H groups in total. The van der Waals surface area contributed by atoms with Gasteiger partial charge in [0.15, 0.2) is 11.6 Å². The summed E-state index contributed by atoms with van der Waals surface area (Å²) in [6.07, 6.45) is 9.62. The fraction of sp³-hybridized carbons (Fsp3) is 0.444. The van der Waals surface area contributed by atoms with E-state index >= 15 is 0 Å². The summed E-state index contributed by atoms with van der Waals surface area (Å²) in [6.45, 7) is 4.09. The van der Waals surface area contributed by atoms with E-state index in [1.807, 2.05) is 15.8 Å². The van der Waals surface area contributed by atoms with Gasteiger partial charge in [0.25, 0.3) is 0 Å². The van der Waals surface area contributed by atoms with Crippen LogP contribution in [0.3, 0.4) is 0 Å². The van der Waals surface area contributed by atoms with Crippen molar-refractivity contribution in [2.45, 2.75) is 57.2 Å². The van der Waals surface area contributed by atoms with Gasteiger partial charge >= 0.3 is 0 Å². The van der Waals surface area contributed by atoms with Gasteiger partial charge in [0, 0.05) is 47.2 Å². The number of halogens is 3. The molecule has 3 aromatic rings. The first-order chi connectivity index (χ1) is 18.3. The van der Waals surface area contributed by atoms with E-state index in [2.05, 4.69) is 15.4 Å². The fourth-order valence-corrected chi connectivity index (χ4v) is 5.87. The first-order valence-corrected chi connectivity index (χ1v) is 13.7. The molecule has 1 aromatic carbocycles. The lowest BCUT2D eigenvalue weighted by molar-refractivity contribution is -0.135. The molecule has 4 heterocycles. The largest absolute Gasteiger partial charge is 0.482 e. The molecule has 11 heteroatoms. The highest BCUT2D eigenvalue weighted by Gasteiger charge is 2.30. The second-order valence-corrected chi connectivity index (χ2v) is 10.7. The SMILES string of the molecule is C[C@@H](Oc1cc(-c2cnn(C3CCN(C(=O)C4CCCCN4)CC3)c2)cnc1N)c1c(Cl)ccc(F)c1Cl. The van der Waals surface area contributed by atoms with Crippen LogP contribution in [0.5, 0.6) is 5.75 Å². The predicted octanol–water partition coefficient (Wildman–Crippen LogP) is 5.42. The number of piperidine rings is 2. The quantitative estimate of drug-likeness (QED) is 0.390. The van der Waals surface area contributed by atoms with E-state index in [1.54, 1.807) is 25.4 Å². The number of amides is 1. The number of hydrogen-bond acceptors (Lipinski definition) is 6. The van der Waals surface area contributed by atoms with Crippen molar-refractivity contribution in [3.63, 3.8) is 0 Å². The molecule has 0 saturated carbocycles. The molecule has 2 saturated heterocycles. The molecule has 2 atom stereocenters. The summed E-state index contributed by atoms with van der Waals surface area (Å²) < 4.78 is 22.0. The summed E-state index contributed by atoms with van der Waals surface area (Å²) in [5, 5.41) is 8.16. The normalized spacial score (nSPS) is 19.4. The Morgan fingerprint density at radius 3 is 2.71 bits per heavy atom. The van der Waals surface area contributed by atoms with Crippen molar-refractivity contribution >= 4 is 34.9 Å². The Kier molecular flexibility index (Phi) is 8.07. The number of rotatable bonds is 6. The number of nitrogen functional groups attached to an aromatic ring is 1. The number of pyridine rings is 1. The van der Waals surface area contributed by atoms with Crippen LogP contribution in [-0.4, -0.2) is 51.2 Å². The highest BCUT2D eigenvalue weighted by molar-refractivity contribution is 6.36. The van der Waals surface area contributed by atoms with E-state index < -0.39 is 11.9 Å². The summed E-state index contributed by atoms with van der Waals surface area (Å²) in [4.78, 5) is 19.1. The van der Waals surface area contributed by atoms with Crippen LogP contribution < -0.4 is 15.8 Å². The highest BCUT2D eigenvalue weighted by Crippen LogP contribution is 2.37. The van der Waals surface area contributed by atoms with E-state index in [0.29, 0.717) is 16.3 Å². The van der Waals surface area contributed by atoms with Gasteiger partial charge in [-0.3, -0.25) is 9.48 Å². The minimum absolute atomic E-state index is 0.0401. The van der Waals surface area contributed by atoms with Gasteiger partial charge < -0.3 is 20.7 Å². The van der Waals surface area contributed by atoms with Crippen LogP contribution in [0.1, 0.15) is 56.7 Å². The number of nitrogens with zero attached hydrogens (tertiary/aromatic N) is 4. The maximum absolute atomic E-state index is 14.0. The number of anilines is 1. The highest BCUT2D eigenvalue weighted by atomic mass is 35.5. The number of carbonyl (C=O) groups is 1. The number of likely N-dealkylation sites (tertiary alicyclic amines) is 1. The zero-order valence-corrected chi connectivity index (χ0v) is 22.7. The molecule has 0 spiro atoms. The van der Waals surface area contributed by atoms with Gasteiger partial charge in [-0.1, -0.05) is 29.6 Å². The van der Waals surface area contributed by atoms with Crippen LogP contribution in [0.25, 0.3) is 11.1 Å². The molecule has 2 aliphatic heterocycles. The van der Waals surface area contributed by atoms with Crippen LogP contribution in [0, 0.1) is 5.82 Å². The molecule has 0 radical (unpaired) electrons. The average Bonchev–Trinajstić information content (AvgIpc) is 3.43. The monoisotopic (exact) mass is 560 g/mol. The third-order valence-corrected chi connectivity index (χ3v) is 8.08. The average molecular weight is 561 g/mol. The van der Waals surface area contributed by atoms with Gasteiger partial charge in [0.05, 0.1) is 23.3 Å². The van der Waals surface area contributed by atoms with Gasteiger partial charge in [0.1, 0.15) is 11.9 Å². The smallest absolute Gasteiger partial charge is 0.239 e. The number of aromatic nitrogens is 3. The minimum atomic E-state index is -0.663. The second-order valence-electron chi connectivity index (χ2n) is 9.89. The predicted molar refractivity (Wildman–Crippen MR) is 146 cm³/mol. The van der Waals surface area contributed by atoms with Crippen molar-refractivity contribution in [3.05, 3.63) is 58.2 Å². The zero-order valence-electron chi connectivity index (χ0n) is 21.2. The maximum Gasteiger partial charge on any atom is 0.239 e. The fourth-order valence-electron chi connectivity index (χ4n) is 5.19. The van der Waals surface area contributed by atoms with Crippen molar-refractivity contribution in [3.8, 4) is 16.9 Å². The van der Waals surface area contributed by atoms with Crippen LogP contribution in [0.2, 0.25) is 10.0 Å². The summed E-state index contributed by atoms with van der Waals surface area (Å²) in [5.41, 5.74) is 8.06. The Balaban J connectivity index is 1.26. The molecule has 38 heavy (non-hydrogen) atoms. The van der Waals surface area contributed by atoms with Crippen molar-refractivity contribution in [1.82, 2.24) is 25.0 Å². The standard InChI is InChI=1S/C27H31Cl2FN6O2/c1-16(24-20(28)5-6-21(30)25(24)29)38-23-12-17(13-33-26(23)31)18-14-34-36(15-18)19-7-10-35(11-8-19)27(37)22-4-2-3-9-32-22/h5-6,12-16,19,22,32H,2-4,7-11H2,1H3,(H2,31,33)/t16-,22?/m1/s1. The third kappa shape index (κ3) is 5.60. The van der Waals surface area contributed by atoms with Crippen molar-refractivity contribution in [2.75, 3.05) is 25.4 Å². The van der Waals surface area contributed by atoms with Crippen LogP contribution in [-0.2, 0) is 4.79 Å². The Bertz CT molecular complexity index is 1300. The lowest BCUT2D eigenvalue weighted by Gasteiger charge is -2.35. The van der Waals surface area contributed by atoms with E-state index in [1.165, 1.54) is 12.1 Å². The second kappa shape index (κ2) is 11.5. The molecule has 2 aromatic heterocycles. The summed E-state index contributed by atoms with van der Waals surface area (Å²) in [6, 6.07) is 4.60. The summed E-state index contributed by atoms with van der Waals surface area (Å²) in [5.74, 6) is 0.179. The number of carbonyl (C=O) groups excluding carboxylic acids is 1. The van der Waals surface area contributed by atoms with Crippen molar-refractivity contribution in [1.29, 1.82) is 0 Å². The Morgan fingerprint density at radius 2 is 1.97 bits per heavy atom. The number of benzene rings is 1. The summed E-state index contributed by atoms with van der Waals surface area (Å²) in [7, 11) is 0. The molecule has 0 aliphatic carbocycles. The van der Waals surface area contributed by atoms with Crippen molar-refractivity contribution < 1.29 is 13.9 Å². The number of ether oxygens (including phenoxy) is 1. The van der Waals surface area contributed by atoms with Gasteiger partial charge in [-0.2, -0.15) is 5.10 Å². The molecule has 8 nitrogen and oxygen atoms in total. The molecule has 1 amide bonds. The first kappa shape index (κ1) is 26.7. The van der Waals surface area contributed by atoms with Crippen LogP contribution in [0.15, 0.2) is 36.8 Å². The molecule has 5 rings (SSSR count). The van der Waals surface area contributed by atoms with Gasteiger partial charge in [-0.05, 0) is 57.4 Å². The Morgan fingerprint density at radius 1 is 1.18 bits per heavy atom. The summed E-state index contributed by atoms with van der Waals surface area (Å²) >= 11 is 12.4. The number of hydrogen-bond donors (Lipinski definition) is 2. The van der Waals surface area contributed by atoms with Crippen molar-refractivity contribution in [2.24, 2.45) is 0 Å². The minimum Gasteiger partial charge on any atom is -0.482 e. The van der Waals surface area contributed by atoms with E-state index in [4.69, 9.17) is 33.7 Å². The van der Waals surface area contributed by atoms with Gasteiger partial charge in [0.2, 0.25) is 5.91 Å². The third-order valence-electron chi connectivity index (χ3n) is 7.37. The molecule has 2 aliphatic rings. The van der Waals surface area contributed by atoms with Crippen LogP contribution in [0.4, 0.5) is 10.2 Å². The molecule has 2 fully saturated rings. The lowest BCUT2D eigenvalue weighted by Crippen LogP contribution is -2.50.